The molecule has 0 heterocycles. The summed E-state index contributed by atoms with van der Waals surface area (Å²) in [4.78, 5) is 11.7. The van der Waals surface area contributed by atoms with Crippen LogP contribution < -0.4 is 5.32 Å². The van der Waals surface area contributed by atoms with Crippen molar-refractivity contribution in [1.82, 2.24) is 5.32 Å². The van der Waals surface area contributed by atoms with Crippen LogP contribution in [0.4, 0.5) is 0 Å². The number of rotatable bonds is 7. The second kappa shape index (κ2) is 7.02. The molecule has 0 aliphatic heterocycles. The molecule has 16 heavy (non-hydrogen) atoms. The van der Waals surface area contributed by atoms with Crippen molar-refractivity contribution in [3.8, 4) is 0 Å². The van der Waals surface area contributed by atoms with Gasteiger partial charge in [0.25, 0.3) is 0 Å². The summed E-state index contributed by atoms with van der Waals surface area (Å²) in [7, 11) is 0. The number of aliphatic hydroxyl groups is 1. The van der Waals surface area contributed by atoms with E-state index in [1.807, 2.05) is 41.5 Å². The SMILES string of the molecule is CC(C)NC(C)C(O)CC(C)C(=O)C(C)C. The molecule has 0 rings (SSSR count). The van der Waals surface area contributed by atoms with Gasteiger partial charge < -0.3 is 10.4 Å². The van der Waals surface area contributed by atoms with Gasteiger partial charge >= 0.3 is 0 Å². The highest BCUT2D eigenvalue weighted by Gasteiger charge is 2.23. The van der Waals surface area contributed by atoms with Gasteiger partial charge in [-0.2, -0.15) is 0 Å². The van der Waals surface area contributed by atoms with E-state index in [9.17, 15) is 9.90 Å². The summed E-state index contributed by atoms with van der Waals surface area (Å²) in [6.07, 6.45) is 0.0813. The Bertz CT molecular complexity index is 214. The fraction of sp³-hybridized carbons (Fsp3) is 0.923. The molecule has 3 nitrogen and oxygen atoms in total. The minimum atomic E-state index is -0.458. The molecule has 0 amide bonds. The molecule has 0 aromatic rings. The lowest BCUT2D eigenvalue weighted by Crippen LogP contribution is -2.42. The van der Waals surface area contributed by atoms with E-state index in [4.69, 9.17) is 0 Å². The number of hydrogen-bond acceptors (Lipinski definition) is 3. The average Bonchev–Trinajstić information content (AvgIpc) is 2.14. The zero-order valence-electron chi connectivity index (χ0n) is 11.4. The van der Waals surface area contributed by atoms with Crippen LogP contribution in [0, 0.1) is 11.8 Å². The van der Waals surface area contributed by atoms with E-state index in [2.05, 4.69) is 5.32 Å². The normalized spacial score (nSPS) is 17.6. The molecule has 0 saturated carbocycles. The maximum Gasteiger partial charge on any atom is 0.138 e. The minimum Gasteiger partial charge on any atom is -0.391 e. The van der Waals surface area contributed by atoms with Crippen molar-refractivity contribution in [3.05, 3.63) is 0 Å². The maximum absolute atomic E-state index is 11.7. The van der Waals surface area contributed by atoms with E-state index in [1.165, 1.54) is 0 Å². The molecule has 96 valence electrons. The molecule has 3 atom stereocenters. The van der Waals surface area contributed by atoms with Crippen LogP contribution in [0.15, 0.2) is 0 Å². The molecule has 0 spiro atoms. The molecule has 0 aliphatic rings. The fourth-order valence-electron chi connectivity index (χ4n) is 1.89. The molecule has 0 fully saturated rings. The summed E-state index contributed by atoms with van der Waals surface area (Å²) in [6, 6.07) is 0.378. The number of carbonyl (C=O) groups is 1. The van der Waals surface area contributed by atoms with Crippen molar-refractivity contribution in [2.24, 2.45) is 11.8 Å². The largest absolute Gasteiger partial charge is 0.391 e. The molecule has 0 aromatic heterocycles. The first-order chi connectivity index (χ1) is 7.25. The summed E-state index contributed by atoms with van der Waals surface area (Å²) in [5.41, 5.74) is 0. The van der Waals surface area contributed by atoms with Gasteiger partial charge in [0, 0.05) is 23.9 Å². The Balaban J connectivity index is 4.12. The predicted molar refractivity (Wildman–Crippen MR) is 67.4 cm³/mol. The lowest BCUT2D eigenvalue weighted by Gasteiger charge is -2.25. The predicted octanol–water partition coefficient (Wildman–Crippen LogP) is 1.99. The van der Waals surface area contributed by atoms with E-state index in [-0.39, 0.29) is 23.7 Å². The van der Waals surface area contributed by atoms with Gasteiger partial charge in [-0.25, -0.2) is 0 Å². The fourth-order valence-corrected chi connectivity index (χ4v) is 1.89. The first-order valence-corrected chi connectivity index (χ1v) is 6.23. The van der Waals surface area contributed by atoms with Crippen molar-refractivity contribution in [2.45, 2.75) is 66.2 Å². The molecule has 0 radical (unpaired) electrons. The number of nitrogens with one attached hydrogen (secondary N) is 1. The smallest absolute Gasteiger partial charge is 0.138 e. The molecular weight excluding hydrogens is 202 g/mol. The molecular formula is C13H27NO2. The third kappa shape index (κ3) is 5.61. The Hall–Kier alpha value is -0.410. The van der Waals surface area contributed by atoms with Gasteiger partial charge in [0.1, 0.15) is 5.78 Å². The lowest BCUT2D eigenvalue weighted by atomic mass is 9.90. The summed E-state index contributed by atoms with van der Waals surface area (Å²) in [6.45, 7) is 11.8. The van der Waals surface area contributed by atoms with Crippen LogP contribution in [0.5, 0.6) is 0 Å². The van der Waals surface area contributed by atoms with Crippen LogP contribution in [0.3, 0.4) is 0 Å². The highest BCUT2D eigenvalue weighted by atomic mass is 16.3. The first kappa shape index (κ1) is 15.6. The highest BCUT2D eigenvalue weighted by molar-refractivity contribution is 5.82. The second-order valence-electron chi connectivity index (χ2n) is 5.37. The summed E-state index contributed by atoms with van der Waals surface area (Å²) in [5.74, 6) is 0.220. The van der Waals surface area contributed by atoms with Gasteiger partial charge in [-0.1, -0.05) is 34.6 Å². The number of Topliss-reactive ketones (excluding diaryl/α,β-unsaturated/α-hetero) is 1. The van der Waals surface area contributed by atoms with Crippen LogP contribution in [0.25, 0.3) is 0 Å². The van der Waals surface area contributed by atoms with Gasteiger partial charge in [-0.3, -0.25) is 4.79 Å². The quantitative estimate of drug-likeness (QED) is 0.702. The zero-order chi connectivity index (χ0) is 12.9. The van der Waals surface area contributed by atoms with Gasteiger partial charge in [0.15, 0.2) is 0 Å². The van der Waals surface area contributed by atoms with Crippen LogP contribution in [0.1, 0.15) is 48.0 Å². The molecule has 0 aromatic carbocycles. The molecule has 3 unspecified atom stereocenters. The zero-order valence-corrected chi connectivity index (χ0v) is 11.4. The van der Waals surface area contributed by atoms with E-state index < -0.39 is 6.10 Å². The number of carbonyl (C=O) groups excluding carboxylic acids is 1. The number of aliphatic hydroxyl groups excluding tert-OH is 1. The van der Waals surface area contributed by atoms with Gasteiger partial charge in [0.05, 0.1) is 6.10 Å². The van der Waals surface area contributed by atoms with Gasteiger partial charge in [-0.15, -0.1) is 0 Å². The van der Waals surface area contributed by atoms with Gasteiger partial charge in [-0.05, 0) is 13.3 Å². The van der Waals surface area contributed by atoms with Crippen LogP contribution in [0.2, 0.25) is 0 Å². The molecule has 0 saturated heterocycles. The Morgan fingerprint density at radius 1 is 1.12 bits per heavy atom. The van der Waals surface area contributed by atoms with Crippen molar-refractivity contribution < 1.29 is 9.90 Å². The van der Waals surface area contributed by atoms with Gasteiger partial charge in [0.2, 0.25) is 0 Å². The highest BCUT2D eigenvalue weighted by Crippen LogP contribution is 2.14. The van der Waals surface area contributed by atoms with Crippen LogP contribution >= 0.6 is 0 Å². The van der Waals surface area contributed by atoms with E-state index in [0.29, 0.717) is 12.5 Å². The Morgan fingerprint density at radius 2 is 1.62 bits per heavy atom. The molecule has 2 N–H and O–H groups in total. The van der Waals surface area contributed by atoms with Crippen molar-refractivity contribution in [3.63, 3.8) is 0 Å². The second-order valence-corrected chi connectivity index (χ2v) is 5.37. The average molecular weight is 229 g/mol. The third-order valence-corrected chi connectivity index (χ3v) is 2.82. The van der Waals surface area contributed by atoms with Crippen molar-refractivity contribution >= 4 is 5.78 Å². The number of hydrogen-bond donors (Lipinski definition) is 2. The maximum atomic E-state index is 11.7. The van der Waals surface area contributed by atoms with E-state index >= 15 is 0 Å². The van der Waals surface area contributed by atoms with Crippen molar-refractivity contribution in [1.29, 1.82) is 0 Å². The monoisotopic (exact) mass is 229 g/mol. The Morgan fingerprint density at radius 3 is 2.00 bits per heavy atom. The topological polar surface area (TPSA) is 49.3 Å². The van der Waals surface area contributed by atoms with Crippen molar-refractivity contribution in [2.75, 3.05) is 0 Å². The molecule has 0 aliphatic carbocycles. The summed E-state index contributed by atoms with van der Waals surface area (Å²) in [5, 5.41) is 13.2. The summed E-state index contributed by atoms with van der Waals surface area (Å²) >= 11 is 0. The third-order valence-electron chi connectivity index (χ3n) is 2.82. The Kier molecular flexibility index (Phi) is 6.84. The summed E-state index contributed by atoms with van der Waals surface area (Å²) < 4.78 is 0. The molecule has 0 bridgehead atoms. The lowest BCUT2D eigenvalue weighted by molar-refractivity contribution is -0.126. The standard InChI is InChI=1S/C13H27NO2/c1-8(2)13(16)10(5)7-12(15)11(6)14-9(3)4/h8-12,14-15H,7H2,1-6H3. The van der Waals surface area contributed by atoms with Crippen LogP contribution in [-0.4, -0.2) is 29.1 Å². The number of ketones is 1. The van der Waals surface area contributed by atoms with E-state index in [1.54, 1.807) is 0 Å². The minimum absolute atomic E-state index is 0.0300. The van der Waals surface area contributed by atoms with Crippen LogP contribution in [-0.2, 0) is 4.79 Å². The molecule has 3 heteroatoms. The first-order valence-electron chi connectivity index (χ1n) is 6.23. The Labute approximate surface area is 99.6 Å². The van der Waals surface area contributed by atoms with E-state index in [0.717, 1.165) is 0 Å².